The molecule has 0 aromatic heterocycles. The molecule has 4 rings (SSSR count). The van der Waals surface area contributed by atoms with E-state index < -0.39 is 0 Å². The summed E-state index contributed by atoms with van der Waals surface area (Å²) in [5, 5.41) is 7.22. The summed E-state index contributed by atoms with van der Waals surface area (Å²) in [4.78, 5) is 9.75. The lowest BCUT2D eigenvalue weighted by Gasteiger charge is -2.41. The van der Waals surface area contributed by atoms with Crippen LogP contribution < -0.4 is 10.6 Å². The average Bonchev–Trinajstić information content (AvgIpc) is 2.99. The highest BCUT2D eigenvalue weighted by molar-refractivity contribution is 5.86. The molecule has 26 heavy (non-hydrogen) atoms. The number of nitrogens with one attached hydrogen (secondary N) is 2. The van der Waals surface area contributed by atoms with Gasteiger partial charge in [0.15, 0.2) is 0 Å². The summed E-state index contributed by atoms with van der Waals surface area (Å²) in [6.45, 7) is 6.39. The molecule has 1 saturated heterocycles. The van der Waals surface area contributed by atoms with Gasteiger partial charge in [-0.2, -0.15) is 0 Å². The van der Waals surface area contributed by atoms with E-state index in [9.17, 15) is 0 Å². The summed E-state index contributed by atoms with van der Waals surface area (Å²) in [5.74, 6) is 2.17. The normalized spacial score (nSPS) is 26.3. The van der Waals surface area contributed by atoms with Crippen molar-refractivity contribution in [3.63, 3.8) is 0 Å². The van der Waals surface area contributed by atoms with Crippen LogP contribution in [0.3, 0.4) is 0 Å². The highest BCUT2D eigenvalue weighted by atomic mass is 15.3. The van der Waals surface area contributed by atoms with Gasteiger partial charge in [0.2, 0.25) is 0 Å². The lowest BCUT2D eigenvalue weighted by Crippen LogP contribution is -2.49. The standard InChI is InChI=1S/C21H29N5/c1-15-22-20(26-12-10-17(11-13-26)25(3)4)19-21(2,24-15)14-18(23-19)16-8-6-5-7-9-16/h5-9,14,17,23H,10-13H2,1-4H3,(H,22,24). The Kier molecular flexibility index (Phi) is 4.27. The molecule has 0 aliphatic carbocycles. The summed E-state index contributed by atoms with van der Waals surface area (Å²) < 4.78 is 0. The first kappa shape index (κ1) is 17.2. The van der Waals surface area contributed by atoms with Crippen LogP contribution in [0.5, 0.6) is 0 Å². The number of amidine groups is 1. The molecular formula is C21H29N5. The van der Waals surface area contributed by atoms with Gasteiger partial charge in [-0.3, -0.25) is 4.99 Å². The molecule has 138 valence electrons. The molecule has 1 aromatic carbocycles. The summed E-state index contributed by atoms with van der Waals surface area (Å²) in [6, 6.07) is 11.2. The summed E-state index contributed by atoms with van der Waals surface area (Å²) >= 11 is 0. The Hall–Kier alpha value is -2.27. The van der Waals surface area contributed by atoms with Crippen molar-refractivity contribution in [1.29, 1.82) is 0 Å². The van der Waals surface area contributed by atoms with Crippen LogP contribution in [-0.2, 0) is 0 Å². The Morgan fingerprint density at radius 1 is 1.12 bits per heavy atom. The van der Waals surface area contributed by atoms with Gasteiger partial charge in [0.25, 0.3) is 0 Å². The minimum Gasteiger partial charge on any atom is -0.356 e. The number of nitrogens with zero attached hydrogens (tertiary/aromatic N) is 3. The molecule has 3 aliphatic rings. The van der Waals surface area contributed by atoms with Crippen LogP contribution in [0.15, 0.2) is 52.9 Å². The molecule has 5 nitrogen and oxygen atoms in total. The lowest BCUT2D eigenvalue weighted by atomic mass is 9.97. The predicted molar refractivity (Wildman–Crippen MR) is 108 cm³/mol. The molecular weight excluding hydrogens is 322 g/mol. The molecule has 2 N–H and O–H groups in total. The first-order chi connectivity index (χ1) is 12.5. The summed E-state index contributed by atoms with van der Waals surface area (Å²) in [5.41, 5.74) is 3.19. The average molecular weight is 351 g/mol. The minimum atomic E-state index is -0.325. The molecule has 0 radical (unpaired) electrons. The van der Waals surface area contributed by atoms with Gasteiger partial charge in [-0.25, -0.2) is 0 Å². The van der Waals surface area contributed by atoms with Crippen molar-refractivity contribution in [3.05, 3.63) is 53.5 Å². The molecule has 1 aromatic rings. The number of piperidine rings is 1. The molecule has 5 heteroatoms. The van der Waals surface area contributed by atoms with Crippen molar-refractivity contribution < 1.29 is 0 Å². The second-order valence-electron chi connectivity index (χ2n) is 7.92. The molecule has 3 aliphatic heterocycles. The van der Waals surface area contributed by atoms with Crippen LogP contribution in [0.1, 0.15) is 32.3 Å². The van der Waals surface area contributed by atoms with Gasteiger partial charge in [0, 0.05) is 24.8 Å². The van der Waals surface area contributed by atoms with Crippen LogP contribution in [-0.4, -0.2) is 54.4 Å². The second kappa shape index (κ2) is 6.47. The minimum absolute atomic E-state index is 0.325. The maximum Gasteiger partial charge on any atom is 0.129 e. The molecule has 1 unspecified atom stereocenters. The molecule has 0 spiro atoms. The maximum absolute atomic E-state index is 4.91. The molecule has 1 fully saturated rings. The van der Waals surface area contributed by atoms with Crippen LogP contribution in [0, 0.1) is 0 Å². The monoisotopic (exact) mass is 351 g/mol. The summed E-state index contributed by atoms with van der Waals surface area (Å²) in [7, 11) is 4.37. The van der Waals surface area contributed by atoms with Crippen molar-refractivity contribution in [2.24, 2.45) is 4.99 Å². The van der Waals surface area contributed by atoms with Gasteiger partial charge >= 0.3 is 0 Å². The van der Waals surface area contributed by atoms with Crippen molar-refractivity contribution in [1.82, 2.24) is 20.4 Å². The van der Waals surface area contributed by atoms with Crippen LogP contribution in [0.4, 0.5) is 0 Å². The topological polar surface area (TPSA) is 42.9 Å². The third-order valence-corrected chi connectivity index (χ3v) is 5.72. The number of benzene rings is 1. The van der Waals surface area contributed by atoms with Crippen LogP contribution >= 0.6 is 0 Å². The van der Waals surface area contributed by atoms with E-state index in [2.05, 4.69) is 84.8 Å². The third kappa shape index (κ3) is 3.01. The van der Waals surface area contributed by atoms with E-state index in [0.717, 1.165) is 24.6 Å². The predicted octanol–water partition coefficient (Wildman–Crippen LogP) is 2.61. The number of hydrogen-bond acceptors (Lipinski definition) is 5. The van der Waals surface area contributed by atoms with E-state index in [1.54, 1.807) is 0 Å². The van der Waals surface area contributed by atoms with E-state index in [0.29, 0.717) is 6.04 Å². The van der Waals surface area contributed by atoms with Crippen LogP contribution in [0.2, 0.25) is 0 Å². The van der Waals surface area contributed by atoms with Crippen molar-refractivity contribution in [2.45, 2.75) is 38.3 Å². The van der Waals surface area contributed by atoms with Crippen molar-refractivity contribution >= 4 is 11.5 Å². The van der Waals surface area contributed by atoms with Crippen LogP contribution in [0.25, 0.3) is 5.70 Å². The zero-order valence-corrected chi connectivity index (χ0v) is 16.2. The number of hydrogen-bond donors (Lipinski definition) is 2. The number of rotatable bonds is 3. The van der Waals surface area contributed by atoms with Gasteiger partial charge in [0.05, 0.1) is 5.70 Å². The first-order valence-corrected chi connectivity index (χ1v) is 9.51. The molecule has 0 amide bonds. The zero-order valence-electron chi connectivity index (χ0n) is 16.2. The second-order valence-corrected chi connectivity index (χ2v) is 7.92. The van der Waals surface area contributed by atoms with Gasteiger partial charge in [-0.05, 0) is 52.4 Å². The fourth-order valence-electron chi connectivity index (χ4n) is 4.26. The molecule has 0 saturated carbocycles. The summed E-state index contributed by atoms with van der Waals surface area (Å²) in [6.07, 6.45) is 4.64. The molecule has 3 heterocycles. The smallest absolute Gasteiger partial charge is 0.129 e. The van der Waals surface area contributed by atoms with E-state index >= 15 is 0 Å². The quantitative estimate of drug-likeness (QED) is 0.879. The van der Waals surface area contributed by atoms with Gasteiger partial charge in [-0.15, -0.1) is 0 Å². The molecule has 1 atom stereocenters. The lowest BCUT2D eigenvalue weighted by molar-refractivity contribution is 0.164. The Morgan fingerprint density at radius 2 is 1.81 bits per heavy atom. The van der Waals surface area contributed by atoms with Gasteiger partial charge in [-0.1, -0.05) is 30.3 Å². The Labute approximate surface area is 156 Å². The number of aliphatic imine (C=N–C) groups is 1. The van der Waals surface area contributed by atoms with Gasteiger partial charge in [0.1, 0.15) is 17.2 Å². The highest BCUT2D eigenvalue weighted by Gasteiger charge is 2.40. The highest BCUT2D eigenvalue weighted by Crippen LogP contribution is 2.37. The van der Waals surface area contributed by atoms with Gasteiger partial charge < -0.3 is 20.4 Å². The first-order valence-electron chi connectivity index (χ1n) is 9.51. The molecule has 0 bridgehead atoms. The largest absolute Gasteiger partial charge is 0.356 e. The fourth-order valence-corrected chi connectivity index (χ4v) is 4.26. The van der Waals surface area contributed by atoms with E-state index in [1.807, 2.05) is 0 Å². The third-order valence-electron chi connectivity index (χ3n) is 5.72. The van der Waals surface area contributed by atoms with E-state index in [4.69, 9.17) is 4.99 Å². The fraction of sp³-hybridized carbons (Fsp3) is 0.476. The number of fused-ring (bicyclic) bond motifs is 1. The van der Waals surface area contributed by atoms with Crippen molar-refractivity contribution in [3.8, 4) is 0 Å². The zero-order chi connectivity index (χ0) is 18.3. The maximum atomic E-state index is 4.91. The number of likely N-dealkylation sites (tertiary alicyclic amines) is 1. The van der Waals surface area contributed by atoms with E-state index in [1.165, 1.54) is 29.9 Å². The Balaban J connectivity index is 1.63. The Morgan fingerprint density at radius 3 is 2.46 bits per heavy atom. The SMILES string of the molecule is CC1=NC2(C)C=C(c3ccccc3)NC2=C(N2CCC(N(C)C)CC2)N1. The van der Waals surface area contributed by atoms with Crippen molar-refractivity contribution in [2.75, 3.05) is 27.2 Å². The Bertz CT molecular complexity index is 769. The van der Waals surface area contributed by atoms with E-state index in [-0.39, 0.29) is 5.54 Å².